The monoisotopic (exact) mass is 242 g/mol. The molecule has 0 radical (unpaired) electrons. The molecule has 0 spiro atoms. The number of hydrogen-bond acceptors (Lipinski definition) is 4. The maximum absolute atomic E-state index is 11.7. The second kappa shape index (κ2) is 4.23. The van der Waals surface area contributed by atoms with E-state index in [-0.39, 0.29) is 4.90 Å². The number of sulfonamides is 1. The molecule has 16 heavy (non-hydrogen) atoms. The Hall–Kier alpha value is -1.40. The van der Waals surface area contributed by atoms with Gasteiger partial charge in [-0.25, -0.2) is 13.1 Å². The first-order valence-electron chi connectivity index (χ1n) is 4.65. The van der Waals surface area contributed by atoms with Gasteiger partial charge < -0.3 is 5.73 Å². The van der Waals surface area contributed by atoms with E-state index >= 15 is 0 Å². The minimum Gasteiger partial charge on any atom is -0.318 e. The summed E-state index contributed by atoms with van der Waals surface area (Å²) < 4.78 is 25.3. The highest BCUT2D eigenvalue weighted by Crippen LogP contribution is 2.08. The Bertz CT molecular complexity index is 475. The van der Waals surface area contributed by atoms with Gasteiger partial charge in [-0.05, 0) is 26.0 Å². The smallest absolute Gasteiger partial charge is 0.264 e. The van der Waals surface area contributed by atoms with E-state index in [1.54, 1.807) is 18.2 Å². The van der Waals surface area contributed by atoms with E-state index in [0.29, 0.717) is 0 Å². The van der Waals surface area contributed by atoms with Gasteiger partial charge in [0.05, 0.1) is 10.4 Å². The number of benzene rings is 1. The molecular weight excluding hydrogens is 228 g/mol. The van der Waals surface area contributed by atoms with Crippen LogP contribution < -0.4 is 10.5 Å². The van der Waals surface area contributed by atoms with E-state index in [2.05, 4.69) is 0 Å². The Morgan fingerprint density at radius 3 is 2.19 bits per heavy atom. The molecule has 0 unspecified atom stereocenters. The molecule has 5 nitrogen and oxygen atoms in total. The summed E-state index contributed by atoms with van der Waals surface area (Å²) in [5.41, 5.74) is 4.25. The number of nitrogens with one attached hydrogen (secondary N) is 1. The zero-order valence-corrected chi connectivity index (χ0v) is 9.91. The van der Waals surface area contributed by atoms with Crippen LogP contribution in [0.4, 0.5) is 0 Å². The number of carbonyl (C=O) groups is 1. The van der Waals surface area contributed by atoms with Gasteiger partial charge in [0.1, 0.15) is 0 Å². The first-order valence-corrected chi connectivity index (χ1v) is 6.13. The van der Waals surface area contributed by atoms with E-state index in [9.17, 15) is 13.2 Å². The molecule has 1 rings (SSSR count). The van der Waals surface area contributed by atoms with Crippen LogP contribution in [-0.4, -0.2) is 19.9 Å². The van der Waals surface area contributed by atoms with Gasteiger partial charge >= 0.3 is 0 Å². The third-order valence-electron chi connectivity index (χ3n) is 1.87. The van der Waals surface area contributed by atoms with E-state index in [0.717, 1.165) is 0 Å². The number of rotatable bonds is 3. The van der Waals surface area contributed by atoms with Crippen molar-refractivity contribution in [2.24, 2.45) is 5.73 Å². The van der Waals surface area contributed by atoms with Crippen molar-refractivity contribution >= 4 is 15.9 Å². The Balaban J connectivity index is 2.95. The summed E-state index contributed by atoms with van der Waals surface area (Å²) in [6, 6.07) is 7.64. The molecule has 0 aliphatic rings. The van der Waals surface area contributed by atoms with Gasteiger partial charge in [0.2, 0.25) is 0 Å². The lowest BCUT2D eigenvalue weighted by atomic mass is 10.1. The second-order valence-corrected chi connectivity index (χ2v) is 5.65. The maximum atomic E-state index is 11.7. The summed E-state index contributed by atoms with van der Waals surface area (Å²) in [7, 11) is -3.82. The summed E-state index contributed by atoms with van der Waals surface area (Å²) in [5.74, 6) is -0.739. The quantitative estimate of drug-likeness (QED) is 0.794. The van der Waals surface area contributed by atoms with Crippen molar-refractivity contribution in [2.75, 3.05) is 0 Å². The highest BCUT2D eigenvalue weighted by molar-refractivity contribution is 7.90. The van der Waals surface area contributed by atoms with Gasteiger partial charge in [-0.2, -0.15) is 0 Å². The van der Waals surface area contributed by atoms with E-state index in [4.69, 9.17) is 5.73 Å². The molecule has 3 N–H and O–H groups in total. The van der Waals surface area contributed by atoms with Gasteiger partial charge in [0, 0.05) is 0 Å². The summed E-state index contributed by atoms with van der Waals surface area (Å²) >= 11 is 0. The topological polar surface area (TPSA) is 89.3 Å². The SMILES string of the molecule is CC(C)(N)C(=O)NS(=O)(=O)c1ccccc1. The molecule has 1 aromatic carbocycles. The number of carbonyl (C=O) groups excluding carboxylic acids is 1. The largest absolute Gasteiger partial charge is 0.318 e. The van der Waals surface area contributed by atoms with Crippen molar-refractivity contribution in [3.63, 3.8) is 0 Å². The van der Waals surface area contributed by atoms with Crippen LogP contribution in [0.5, 0.6) is 0 Å². The van der Waals surface area contributed by atoms with Crippen LogP contribution >= 0.6 is 0 Å². The average molecular weight is 242 g/mol. The van der Waals surface area contributed by atoms with Crippen LogP contribution in [0.3, 0.4) is 0 Å². The van der Waals surface area contributed by atoms with Crippen LogP contribution in [0.1, 0.15) is 13.8 Å². The van der Waals surface area contributed by atoms with Crippen molar-refractivity contribution in [1.82, 2.24) is 4.72 Å². The van der Waals surface area contributed by atoms with Gasteiger partial charge in [0.15, 0.2) is 0 Å². The van der Waals surface area contributed by atoms with Crippen LogP contribution in [0.2, 0.25) is 0 Å². The Labute approximate surface area is 94.7 Å². The van der Waals surface area contributed by atoms with Crippen molar-refractivity contribution in [1.29, 1.82) is 0 Å². The molecule has 1 aromatic rings. The average Bonchev–Trinajstić information content (AvgIpc) is 2.17. The molecule has 0 fully saturated rings. The first kappa shape index (κ1) is 12.7. The summed E-state index contributed by atoms with van der Waals surface area (Å²) in [6.45, 7) is 2.87. The Morgan fingerprint density at radius 2 is 1.75 bits per heavy atom. The lowest BCUT2D eigenvalue weighted by molar-refractivity contribution is -0.123. The molecule has 1 amide bonds. The van der Waals surface area contributed by atoms with Gasteiger partial charge in [-0.1, -0.05) is 18.2 Å². The molecule has 0 bridgehead atoms. The predicted molar refractivity (Wildman–Crippen MR) is 60.0 cm³/mol. The zero-order chi connectivity index (χ0) is 12.4. The zero-order valence-electron chi connectivity index (χ0n) is 9.10. The van der Waals surface area contributed by atoms with Gasteiger partial charge in [-0.3, -0.25) is 4.79 Å². The lowest BCUT2D eigenvalue weighted by Gasteiger charge is -2.17. The number of nitrogens with two attached hydrogens (primary N) is 1. The fourth-order valence-electron chi connectivity index (χ4n) is 0.912. The fourth-order valence-corrected chi connectivity index (χ4v) is 2.05. The van der Waals surface area contributed by atoms with Crippen LogP contribution in [0.15, 0.2) is 35.2 Å². The molecule has 88 valence electrons. The van der Waals surface area contributed by atoms with Crippen molar-refractivity contribution in [3.05, 3.63) is 30.3 Å². The molecular formula is C10H14N2O3S. The Kier molecular flexibility index (Phi) is 3.35. The minimum absolute atomic E-state index is 0.0348. The highest BCUT2D eigenvalue weighted by Gasteiger charge is 2.27. The molecule has 0 aromatic heterocycles. The highest BCUT2D eigenvalue weighted by atomic mass is 32.2. The van der Waals surface area contributed by atoms with Crippen LogP contribution in [0, 0.1) is 0 Å². The van der Waals surface area contributed by atoms with E-state index < -0.39 is 21.5 Å². The summed E-state index contributed by atoms with van der Waals surface area (Å²) in [5, 5.41) is 0. The van der Waals surface area contributed by atoms with Crippen LogP contribution in [-0.2, 0) is 14.8 Å². The van der Waals surface area contributed by atoms with E-state index in [1.807, 2.05) is 4.72 Å². The van der Waals surface area contributed by atoms with Crippen molar-refractivity contribution in [3.8, 4) is 0 Å². The summed E-state index contributed by atoms with van der Waals surface area (Å²) in [4.78, 5) is 11.5. The molecule has 0 atom stereocenters. The third-order valence-corrected chi connectivity index (χ3v) is 3.21. The van der Waals surface area contributed by atoms with Gasteiger partial charge in [0.25, 0.3) is 15.9 Å². The first-order chi connectivity index (χ1) is 7.23. The van der Waals surface area contributed by atoms with Crippen LogP contribution in [0.25, 0.3) is 0 Å². The molecule has 6 heteroatoms. The molecule has 0 heterocycles. The number of hydrogen-bond donors (Lipinski definition) is 2. The lowest BCUT2D eigenvalue weighted by Crippen LogP contribution is -2.50. The van der Waals surface area contributed by atoms with E-state index in [1.165, 1.54) is 26.0 Å². The predicted octanol–water partition coefficient (Wildman–Crippen LogP) is 0.229. The minimum atomic E-state index is -3.82. The number of amides is 1. The maximum Gasteiger partial charge on any atom is 0.264 e. The second-order valence-electron chi connectivity index (χ2n) is 3.97. The van der Waals surface area contributed by atoms with Gasteiger partial charge in [-0.15, -0.1) is 0 Å². The third kappa shape index (κ3) is 3.04. The standard InChI is InChI=1S/C10H14N2O3S/c1-10(2,11)9(13)12-16(14,15)8-6-4-3-5-7-8/h3-7H,11H2,1-2H3,(H,12,13). The molecule has 0 saturated heterocycles. The molecule has 0 aliphatic heterocycles. The fraction of sp³-hybridized carbons (Fsp3) is 0.300. The molecule has 0 aliphatic carbocycles. The van der Waals surface area contributed by atoms with Crippen molar-refractivity contribution in [2.45, 2.75) is 24.3 Å². The Morgan fingerprint density at radius 1 is 1.25 bits per heavy atom. The molecule has 0 saturated carbocycles. The summed E-state index contributed by atoms with van der Waals surface area (Å²) in [6.07, 6.45) is 0. The normalized spacial score (nSPS) is 12.2. The van der Waals surface area contributed by atoms with Crippen molar-refractivity contribution < 1.29 is 13.2 Å².